The summed E-state index contributed by atoms with van der Waals surface area (Å²) in [6.45, 7) is 10.3. The second kappa shape index (κ2) is 9.51. The van der Waals surface area contributed by atoms with Gasteiger partial charge in [-0.15, -0.1) is 0 Å². The molecule has 34 heavy (non-hydrogen) atoms. The van der Waals surface area contributed by atoms with Gasteiger partial charge >= 0.3 is 6.18 Å². The molecule has 3 rings (SSSR count). The lowest BCUT2D eigenvalue weighted by Gasteiger charge is -2.28. The van der Waals surface area contributed by atoms with E-state index in [9.17, 15) is 21.6 Å². The number of hydrogen-bond acceptors (Lipinski definition) is 2. The van der Waals surface area contributed by atoms with Gasteiger partial charge in [0.05, 0.1) is 20.5 Å². The van der Waals surface area contributed by atoms with Crippen LogP contribution in [0.25, 0.3) is 21.5 Å². The monoisotopic (exact) mass is 510 g/mol. The summed E-state index contributed by atoms with van der Waals surface area (Å²) in [7, 11) is -3.49. The van der Waals surface area contributed by atoms with Crippen LogP contribution in [0.3, 0.4) is 0 Å². The number of rotatable bonds is 5. The Labute approximate surface area is 203 Å². The molecule has 3 aromatic rings. The Kier molecular flexibility index (Phi) is 7.41. The number of hydrogen-bond donors (Lipinski definition) is 1. The summed E-state index contributed by atoms with van der Waals surface area (Å²) in [5, 5.41) is 1.82. The summed E-state index contributed by atoms with van der Waals surface area (Å²) in [5.41, 5.74) is 0.593. The van der Waals surface area contributed by atoms with Crippen LogP contribution in [0.2, 0.25) is 0 Å². The van der Waals surface area contributed by atoms with Crippen LogP contribution in [0.15, 0.2) is 52.9 Å². The van der Waals surface area contributed by atoms with Crippen molar-refractivity contribution in [2.24, 2.45) is 4.40 Å². The highest BCUT2D eigenvalue weighted by atomic mass is 32.2. The van der Waals surface area contributed by atoms with Crippen LogP contribution in [0.4, 0.5) is 13.2 Å². The van der Waals surface area contributed by atoms with E-state index in [-0.39, 0.29) is 5.56 Å². The van der Waals surface area contributed by atoms with E-state index >= 15 is 0 Å². The van der Waals surface area contributed by atoms with Crippen molar-refractivity contribution in [1.82, 2.24) is 4.72 Å². The van der Waals surface area contributed by atoms with Gasteiger partial charge in [-0.25, -0.2) is 13.1 Å². The van der Waals surface area contributed by atoms with E-state index in [1.807, 2.05) is 0 Å². The van der Waals surface area contributed by atoms with Crippen LogP contribution in [-0.4, -0.2) is 30.3 Å². The summed E-state index contributed by atoms with van der Waals surface area (Å²) in [4.78, 5) is 0. The van der Waals surface area contributed by atoms with E-state index in [4.69, 9.17) is 0 Å². The second-order valence-corrected chi connectivity index (χ2v) is 13.9. The Morgan fingerprint density at radius 1 is 0.794 bits per heavy atom. The molecule has 3 aromatic carbocycles. The van der Waals surface area contributed by atoms with Gasteiger partial charge in [-0.3, -0.25) is 0 Å². The lowest BCUT2D eigenvalue weighted by molar-refractivity contribution is -0.152. The van der Waals surface area contributed by atoms with E-state index in [0.29, 0.717) is 27.1 Å². The molecule has 0 bridgehead atoms. The first-order valence-corrected chi connectivity index (χ1v) is 13.0. The maximum absolute atomic E-state index is 14.4. The molecule has 4 nitrogen and oxygen atoms in total. The van der Waals surface area contributed by atoms with Gasteiger partial charge in [-0.05, 0) is 68.7 Å². The molecule has 184 valence electrons. The van der Waals surface area contributed by atoms with Gasteiger partial charge in [-0.2, -0.15) is 17.6 Å². The molecule has 0 aliphatic rings. The topological polar surface area (TPSA) is 58.5 Å². The highest BCUT2D eigenvalue weighted by Crippen LogP contribution is 2.42. The number of nitrogens with zero attached hydrogens (tertiary/aromatic N) is 1. The summed E-state index contributed by atoms with van der Waals surface area (Å²) >= 11 is 0. The van der Waals surface area contributed by atoms with Crippen LogP contribution in [-0.2, 0) is 22.0 Å². The average Bonchev–Trinajstić information content (AvgIpc) is 2.73. The molecule has 0 saturated heterocycles. The molecule has 0 radical (unpaired) electrons. The van der Waals surface area contributed by atoms with Crippen LogP contribution in [0, 0.1) is 0 Å². The van der Waals surface area contributed by atoms with Gasteiger partial charge in [0.15, 0.2) is 0 Å². The van der Waals surface area contributed by atoms with E-state index < -0.39 is 43.7 Å². The minimum Gasteiger partial charge on any atom is -0.242 e. The number of nitrogens with one attached hydrogen (secondary N) is 1. The van der Waals surface area contributed by atoms with Gasteiger partial charge in [0, 0.05) is 11.8 Å². The summed E-state index contributed by atoms with van der Waals surface area (Å²) in [5.74, 6) is 0. The van der Waals surface area contributed by atoms with Crippen molar-refractivity contribution in [2.75, 3.05) is 0 Å². The third-order valence-electron chi connectivity index (χ3n) is 5.21. The molecule has 0 aliphatic heterocycles. The summed E-state index contributed by atoms with van der Waals surface area (Å²) in [6.07, 6.45) is -3.21. The molecule has 0 spiro atoms. The van der Waals surface area contributed by atoms with Crippen molar-refractivity contribution >= 4 is 49.7 Å². The zero-order valence-corrected chi connectivity index (χ0v) is 21.6. The summed E-state index contributed by atoms with van der Waals surface area (Å²) in [6, 6.07) is 11.3. The number of alkyl halides is 3. The number of fused-ring (bicyclic) bond motifs is 2. The van der Waals surface area contributed by atoms with E-state index in [0.717, 1.165) is 0 Å². The van der Waals surface area contributed by atoms with Crippen LogP contribution in [0.1, 0.15) is 58.7 Å². The molecule has 2 unspecified atom stereocenters. The van der Waals surface area contributed by atoms with Crippen LogP contribution >= 0.6 is 0 Å². The van der Waals surface area contributed by atoms with E-state index in [2.05, 4.69) is 9.12 Å². The Hall–Kier alpha value is -2.10. The molecular formula is C25H29F3N2O2S2. The SMILES string of the molecule is CC(C)(C)S(=O)/N=C/c1c2ccccc2c([C@@H](NS(=O)C(C)(C)C)C(F)(F)F)c2ccccc12. The van der Waals surface area contributed by atoms with Crippen molar-refractivity contribution in [1.29, 1.82) is 0 Å². The molecule has 0 aromatic heterocycles. The zero-order valence-electron chi connectivity index (χ0n) is 20.0. The fraction of sp³-hybridized carbons (Fsp3) is 0.400. The lowest BCUT2D eigenvalue weighted by atomic mass is 9.89. The maximum Gasteiger partial charge on any atom is 0.408 e. The van der Waals surface area contributed by atoms with Crippen molar-refractivity contribution < 1.29 is 21.6 Å². The van der Waals surface area contributed by atoms with E-state index in [1.165, 1.54) is 6.21 Å². The van der Waals surface area contributed by atoms with Gasteiger partial charge in [0.2, 0.25) is 0 Å². The first kappa shape index (κ1) is 26.5. The first-order chi connectivity index (χ1) is 15.6. The molecule has 0 saturated carbocycles. The van der Waals surface area contributed by atoms with Crippen molar-refractivity contribution in [3.05, 3.63) is 59.7 Å². The van der Waals surface area contributed by atoms with Gasteiger partial charge in [-0.1, -0.05) is 48.5 Å². The number of halogens is 3. The minimum atomic E-state index is -4.70. The average molecular weight is 511 g/mol. The Morgan fingerprint density at radius 3 is 1.62 bits per heavy atom. The molecule has 0 aliphatic carbocycles. The molecule has 3 atom stereocenters. The van der Waals surface area contributed by atoms with Crippen molar-refractivity contribution in [2.45, 2.75) is 63.3 Å². The van der Waals surface area contributed by atoms with Crippen LogP contribution in [0.5, 0.6) is 0 Å². The smallest absolute Gasteiger partial charge is 0.242 e. The molecular weight excluding hydrogens is 481 g/mol. The lowest BCUT2D eigenvalue weighted by Crippen LogP contribution is -2.41. The van der Waals surface area contributed by atoms with Gasteiger partial charge in [0.1, 0.15) is 17.0 Å². The van der Waals surface area contributed by atoms with Crippen LogP contribution < -0.4 is 4.72 Å². The predicted octanol–water partition coefficient (Wildman–Crippen LogP) is 6.53. The fourth-order valence-electron chi connectivity index (χ4n) is 3.48. The van der Waals surface area contributed by atoms with Gasteiger partial charge < -0.3 is 0 Å². The quantitative estimate of drug-likeness (QED) is 0.313. The van der Waals surface area contributed by atoms with E-state index in [1.54, 1.807) is 90.1 Å². The highest BCUT2D eigenvalue weighted by Gasteiger charge is 2.44. The molecule has 1 N–H and O–H groups in total. The third-order valence-corrected chi connectivity index (χ3v) is 8.12. The molecule has 0 heterocycles. The Balaban J connectivity index is 2.37. The summed E-state index contributed by atoms with van der Waals surface area (Å²) < 4.78 is 73.7. The molecule has 9 heteroatoms. The van der Waals surface area contributed by atoms with Crippen molar-refractivity contribution in [3.8, 4) is 0 Å². The normalized spacial score (nSPS) is 16.3. The Morgan fingerprint density at radius 2 is 1.24 bits per heavy atom. The maximum atomic E-state index is 14.4. The fourth-order valence-corrected chi connectivity index (χ4v) is 4.81. The standard InChI is InChI=1S/C25H29F3N2O2S2/c1-23(2,3)33(31)29-15-20-16-11-7-9-13-18(16)21(19-14-10-8-12-17(19)20)22(25(26,27)28)30-34(32)24(4,5)6/h7-15,22,30H,1-6H3/b29-15+/t22-,33?,34?/m1/s1. The largest absolute Gasteiger partial charge is 0.408 e. The highest BCUT2D eigenvalue weighted by molar-refractivity contribution is 7.85. The second-order valence-electron chi connectivity index (χ2n) is 9.99. The van der Waals surface area contributed by atoms with Crippen molar-refractivity contribution in [3.63, 3.8) is 0 Å². The third kappa shape index (κ3) is 5.58. The number of benzene rings is 3. The zero-order chi connectivity index (χ0) is 25.5. The molecule has 0 fully saturated rings. The van der Waals surface area contributed by atoms with Gasteiger partial charge in [0.25, 0.3) is 0 Å². The minimum absolute atomic E-state index is 0.00499. The first-order valence-electron chi connectivity index (χ1n) is 10.8. The predicted molar refractivity (Wildman–Crippen MR) is 137 cm³/mol. The molecule has 0 amide bonds. The Bertz CT molecular complexity index is 1230.